The molecule has 12 rings (SSSR count). The summed E-state index contributed by atoms with van der Waals surface area (Å²) in [6.07, 6.45) is 13.7. The van der Waals surface area contributed by atoms with Crippen LogP contribution in [0.25, 0.3) is 101 Å². The van der Waals surface area contributed by atoms with Crippen LogP contribution in [0, 0.1) is 0 Å². The van der Waals surface area contributed by atoms with Crippen LogP contribution < -0.4 is 9.47 Å². The molecule has 10 nitrogen and oxygen atoms in total. The van der Waals surface area contributed by atoms with Crippen molar-refractivity contribution in [1.82, 2.24) is 39.9 Å². The van der Waals surface area contributed by atoms with Gasteiger partial charge in [0.15, 0.2) is 34.8 Å². The molecule has 0 amide bonds. The first-order valence-corrected chi connectivity index (χ1v) is 39.4. The van der Waals surface area contributed by atoms with Gasteiger partial charge in [-0.05, 0) is 124 Å². The SMILES string of the molecule is CCCCCCCCOc1cc2c(cc1OCCCCCCCC)-c1nc-2nc2[nH]c(nc3nc(nc4[nH]c(n1)c(-c1ccc(C(C)(C)C)cc1)c4-c1ccc(C(C)(C)C)cc1)C(c1ccc(C(C)(C)C)cc1)=C3c1ccc(C(C)(C)C)cc1)c(-c1ccc(C(C)(C)C)cc1)c2-c1ccc(C(C)(C)C)cc1. The minimum atomic E-state index is -0.106. The summed E-state index contributed by atoms with van der Waals surface area (Å²) in [6, 6.07) is 58.3. The Morgan fingerprint density at radius 3 is 0.717 bits per heavy atom. The molecular weight excluding hydrogens is 1300 g/mol. The minimum Gasteiger partial charge on any atom is -0.490 e. The van der Waals surface area contributed by atoms with Gasteiger partial charge in [0.05, 0.1) is 13.2 Å². The maximum Gasteiger partial charge on any atom is 0.165 e. The van der Waals surface area contributed by atoms with Crippen molar-refractivity contribution >= 4 is 33.7 Å². The highest BCUT2D eigenvalue weighted by Gasteiger charge is 2.32. The first-order valence-electron chi connectivity index (χ1n) is 39.4. The van der Waals surface area contributed by atoms with Gasteiger partial charge in [0, 0.05) is 44.5 Å². The zero-order valence-electron chi connectivity index (χ0n) is 67.4. The Hall–Kier alpha value is -9.28. The number of aromatic amines is 2. The fourth-order valence-corrected chi connectivity index (χ4v) is 14.5. The van der Waals surface area contributed by atoms with Crippen molar-refractivity contribution < 1.29 is 9.47 Å². The van der Waals surface area contributed by atoms with Gasteiger partial charge >= 0.3 is 0 Å². The molecule has 0 spiro atoms. The van der Waals surface area contributed by atoms with Gasteiger partial charge in [-0.2, -0.15) is 0 Å². The summed E-state index contributed by atoms with van der Waals surface area (Å²) in [6.45, 7) is 46.4. The second-order valence-electron chi connectivity index (χ2n) is 35.9. The molecule has 2 N–H and O–H groups in total. The molecule has 5 heterocycles. The van der Waals surface area contributed by atoms with Gasteiger partial charge in [0.25, 0.3) is 0 Å². The molecular formula is C96H116N8O2. The summed E-state index contributed by atoms with van der Waals surface area (Å²) >= 11 is 0. The lowest BCUT2D eigenvalue weighted by Crippen LogP contribution is -2.11. The van der Waals surface area contributed by atoms with Crippen molar-refractivity contribution in [3.05, 3.63) is 214 Å². The molecule has 0 fully saturated rings. The van der Waals surface area contributed by atoms with E-state index in [-0.39, 0.29) is 32.5 Å². The lowest BCUT2D eigenvalue weighted by Gasteiger charge is -2.20. The smallest absolute Gasteiger partial charge is 0.165 e. The third-order valence-corrected chi connectivity index (χ3v) is 21.2. The molecule has 3 aromatic heterocycles. The lowest BCUT2D eigenvalue weighted by molar-refractivity contribution is 0.258. The molecule has 0 unspecified atom stereocenters. The monoisotopic (exact) mass is 1410 g/mol. The van der Waals surface area contributed by atoms with Crippen molar-refractivity contribution in [1.29, 1.82) is 0 Å². The molecule has 0 aliphatic carbocycles. The van der Waals surface area contributed by atoms with Gasteiger partial charge in [-0.15, -0.1) is 0 Å². The molecule has 552 valence electrons. The van der Waals surface area contributed by atoms with E-state index in [9.17, 15) is 0 Å². The standard InChI is InChI=1S/C96H116N8O2/c1-21-23-25-27-29-31-57-105-75-59-73-74(60-76(75)106-58-32-30-28-26-24-22-2)84-97-83(73)98-85-77(61-33-45-67(46-34-61)91(3,4)5)79(63-37-49-69(50-38-63)93(9,10)11)87(100-85)102-89-81(65-41-53-71(54-42-65)95(15,16)17)82(66-43-55-72(56-44-66)96(18,19)20)90(104-89)103-88-80(64-39-51-70(52-40-64)94(12,13)14)78(86(99-84)101-88)62-35-47-68(48-36-62)92(6,7)8/h33-56,59-60H,21-32,57-58H2,1-20H3,(H2,97,98,99,100,101,102,103,104). The Morgan fingerprint density at radius 2 is 0.472 bits per heavy atom. The van der Waals surface area contributed by atoms with Crippen LogP contribution in [0.1, 0.15) is 272 Å². The first-order chi connectivity index (χ1) is 50.3. The van der Waals surface area contributed by atoms with E-state index in [1.54, 1.807) is 0 Å². The third-order valence-electron chi connectivity index (χ3n) is 21.2. The van der Waals surface area contributed by atoms with Crippen LogP contribution in [-0.2, 0) is 32.5 Å². The van der Waals surface area contributed by atoms with Crippen LogP contribution in [0.3, 0.4) is 0 Å². The van der Waals surface area contributed by atoms with Crippen LogP contribution in [0.5, 0.6) is 11.5 Å². The summed E-state index contributed by atoms with van der Waals surface area (Å²) in [4.78, 5) is 43.2. The highest BCUT2D eigenvalue weighted by Crippen LogP contribution is 2.48. The predicted octanol–water partition coefficient (Wildman–Crippen LogP) is 26.2. The molecule has 10 aromatic rings. The number of benzene rings is 7. The van der Waals surface area contributed by atoms with Gasteiger partial charge < -0.3 is 19.4 Å². The molecule has 106 heavy (non-hydrogen) atoms. The Bertz CT molecular complexity index is 4640. The number of aromatic nitrogens is 8. The first kappa shape index (κ1) is 76.4. The van der Waals surface area contributed by atoms with E-state index in [4.69, 9.17) is 39.4 Å². The van der Waals surface area contributed by atoms with E-state index < -0.39 is 0 Å². The predicted molar refractivity (Wildman–Crippen MR) is 446 cm³/mol. The molecule has 2 aliphatic rings. The zero-order valence-corrected chi connectivity index (χ0v) is 67.4. The van der Waals surface area contributed by atoms with Gasteiger partial charge in [0.2, 0.25) is 0 Å². The van der Waals surface area contributed by atoms with Crippen LogP contribution in [0.4, 0.5) is 0 Å². The molecule has 0 saturated heterocycles. The largest absolute Gasteiger partial charge is 0.490 e. The number of nitrogens with one attached hydrogen (secondary N) is 2. The third kappa shape index (κ3) is 17.1. The van der Waals surface area contributed by atoms with Crippen molar-refractivity contribution in [2.75, 3.05) is 13.2 Å². The Balaban J connectivity index is 1.27. The van der Waals surface area contributed by atoms with Gasteiger partial charge in [-0.3, -0.25) is 0 Å². The molecule has 10 heteroatoms. The molecule has 7 aromatic carbocycles. The highest BCUT2D eigenvalue weighted by molar-refractivity contribution is 6.07. The van der Waals surface area contributed by atoms with Gasteiger partial charge in [-0.1, -0.05) is 348 Å². The summed E-state index contributed by atoms with van der Waals surface area (Å²) in [5, 5.41) is 0. The highest BCUT2D eigenvalue weighted by atomic mass is 16.5. The quantitative estimate of drug-likeness (QED) is 0.0643. The van der Waals surface area contributed by atoms with E-state index >= 15 is 0 Å². The summed E-state index contributed by atoms with van der Waals surface area (Å²) in [5.74, 6) is 3.29. The lowest BCUT2D eigenvalue weighted by atomic mass is 9.84. The number of fused-ring (bicyclic) bond motifs is 11. The normalized spacial score (nSPS) is 13.0. The number of unbranched alkanes of at least 4 members (excludes halogenated alkanes) is 10. The summed E-state index contributed by atoms with van der Waals surface area (Å²) in [7, 11) is 0. The zero-order chi connectivity index (χ0) is 75.7. The maximum absolute atomic E-state index is 6.97. The van der Waals surface area contributed by atoms with Crippen LogP contribution >= 0.6 is 0 Å². The molecule has 0 atom stereocenters. The maximum atomic E-state index is 6.97. The summed E-state index contributed by atoms with van der Waals surface area (Å²) < 4.78 is 13.9. The van der Waals surface area contributed by atoms with Crippen LogP contribution in [0.15, 0.2) is 158 Å². The van der Waals surface area contributed by atoms with Crippen molar-refractivity contribution in [2.45, 2.75) is 248 Å². The second-order valence-corrected chi connectivity index (χ2v) is 35.9. The molecule has 0 radical (unpaired) electrons. The molecule has 8 bridgehead atoms. The number of nitrogens with zero attached hydrogens (tertiary/aromatic N) is 6. The average molecular weight is 1410 g/mol. The Labute approximate surface area is 633 Å². The number of hydrogen-bond acceptors (Lipinski definition) is 8. The number of rotatable bonds is 22. The Morgan fingerprint density at radius 1 is 0.255 bits per heavy atom. The average Bonchev–Trinajstić information content (AvgIpc) is 1.58. The Kier molecular flexibility index (Phi) is 22.3. The minimum absolute atomic E-state index is 0.102. The van der Waals surface area contributed by atoms with Crippen molar-refractivity contribution in [2.24, 2.45) is 0 Å². The number of hydrogen-bond donors (Lipinski definition) is 2. The van der Waals surface area contributed by atoms with Crippen LogP contribution in [-0.4, -0.2) is 53.1 Å². The van der Waals surface area contributed by atoms with E-state index in [2.05, 4.69) is 306 Å². The number of H-pyrrole nitrogens is 2. The van der Waals surface area contributed by atoms with E-state index in [1.165, 1.54) is 84.7 Å². The molecule has 2 aliphatic heterocycles. The van der Waals surface area contributed by atoms with Gasteiger partial charge in [-0.25, -0.2) is 29.9 Å². The van der Waals surface area contributed by atoms with E-state index in [0.29, 0.717) is 70.6 Å². The second kappa shape index (κ2) is 30.9. The molecule has 0 saturated carbocycles. The fraction of sp³-hybridized carbons (Fsp3) is 0.417. The van der Waals surface area contributed by atoms with Gasteiger partial charge in [0.1, 0.15) is 22.6 Å². The van der Waals surface area contributed by atoms with Crippen molar-refractivity contribution in [3.63, 3.8) is 0 Å². The van der Waals surface area contributed by atoms with E-state index in [1.807, 2.05) is 0 Å². The topological polar surface area (TPSA) is 127 Å². The fourth-order valence-electron chi connectivity index (χ4n) is 14.5. The summed E-state index contributed by atoms with van der Waals surface area (Å²) in [5.41, 5.74) is 21.6. The number of ether oxygens (including phenoxy) is 2. The van der Waals surface area contributed by atoms with Crippen LogP contribution in [0.2, 0.25) is 0 Å². The van der Waals surface area contributed by atoms with Crippen molar-refractivity contribution in [3.8, 4) is 78.8 Å². The van der Waals surface area contributed by atoms with E-state index in [0.717, 1.165) is 104 Å².